The summed E-state index contributed by atoms with van der Waals surface area (Å²) in [7, 11) is 4.51. The molecule has 8 heteroatoms. The van der Waals surface area contributed by atoms with E-state index >= 15 is 0 Å². The molecule has 158 valence electrons. The van der Waals surface area contributed by atoms with Crippen molar-refractivity contribution in [1.29, 1.82) is 0 Å². The van der Waals surface area contributed by atoms with Gasteiger partial charge in [0.25, 0.3) is 0 Å². The minimum Gasteiger partial charge on any atom is -0.493 e. The Morgan fingerprint density at radius 3 is 2.10 bits per heavy atom. The molecule has 0 spiro atoms. The number of carboxylic acids is 1. The van der Waals surface area contributed by atoms with Crippen LogP contribution in [0.3, 0.4) is 0 Å². The highest BCUT2D eigenvalue weighted by Crippen LogP contribution is 2.38. The summed E-state index contributed by atoms with van der Waals surface area (Å²) >= 11 is 0. The van der Waals surface area contributed by atoms with E-state index in [4.69, 9.17) is 19.9 Å². The molecule has 29 heavy (non-hydrogen) atoms. The van der Waals surface area contributed by atoms with Gasteiger partial charge in [-0.1, -0.05) is 30.3 Å². The minimum absolute atomic E-state index is 0.156. The highest BCUT2D eigenvalue weighted by molar-refractivity contribution is 5.74. The summed E-state index contributed by atoms with van der Waals surface area (Å²) in [6, 6.07) is 10.8. The van der Waals surface area contributed by atoms with Crippen LogP contribution >= 0.6 is 0 Å². The Bertz CT molecular complexity index is 774. The number of carboxylic acid groups (broad SMARTS) is 1. The summed E-state index contributed by atoms with van der Waals surface area (Å²) in [6.45, 7) is 0.156. The zero-order valence-corrected chi connectivity index (χ0v) is 16.8. The van der Waals surface area contributed by atoms with E-state index in [1.165, 1.54) is 21.3 Å². The van der Waals surface area contributed by atoms with Gasteiger partial charge < -0.3 is 30.2 Å². The monoisotopic (exact) mass is 404 g/mol. The second-order valence-electron chi connectivity index (χ2n) is 6.57. The van der Waals surface area contributed by atoms with E-state index in [-0.39, 0.29) is 6.54 Å². The molecule has 2 aromatic rings. The summed E-state index contributed by atoms with van der Waals surface area (Å²) in [6.07, 6.45) is -0.924. The molecule has 0 aromatic heterocycles. The summed E-state index contributed by atoms with van der Waals surface area (Å²) in [4.78, 5) is 11.7. The maximum atomic E-state index is 11.7. The average Bonchev–Trinajstić information content (AvgIpc) is 2.73. The van der Waals surface area contributed by atoms with Crippen molar-refractivity contribution >= 4 is 5.97 Å². The van der Waals surface area contributed by atoms with E-state index in [2.05, 4.69) is 5.32 Å². The quantitative estimate of drug-likeness (QED) is 0.440. The Morgan fingerprint density at radius 2 is 1.62 bits per heavy atom. The third-order valence-corrected chi connectivity index (χ3v) is 4.61. The van der Waals surface area contributed by atoms with E-state index in [0.717, 1.165) is 5.56 Å². The summed E-state index contributed by atoms with van der Waals surface area (Å²) in [5.74, 6) is 0.167. The molecular formula is C21H28N2O6. The van der Waals surface area contributed by atoms with E-state index < -0.39 is 24.2 Å². The number of aliphatic carboxylic acids is 1. The molecule has 0 saturated carbocycles. The van der Waals surface area contributed by atoms with Crippen molar-refractivity contribution in [2.75, 3.05) is 21.3 Å². The van der Waals surface area contributed by atoms with E-state index in [0.29, 0.717) is 29.2 Å². The van der Waals surface area contributed by atoms with Gasteiger partial charge in [-0.2, -0.15) is 0 Å². The Labute approximate surface area is 170 Å². The average molecular weight is 404 g/mol. The molecule has 0 aliphatic carbocycles. The molecule has 2 rings (SSSR count). The molecule has 0 unspecified atom stereocenters. The molecule has 0 fully saturated rings. The van der Waals surface area contributed by atoms with Crippen LogP contribution in [0.1, 0.15) is 11.1 Å². The van der Waals surface area contributed by atoms with Crippen LogP contribution < -0.4 is 25.3 Å². The Kier molecular flexibility index (Phi) is 8.26. The lowest BCUT2D eigenvalue weighted by atomic mass is 9.97. The van der Waals surface area contributed by atoms with Crippen LogP contribution in [-0.2, 0) is 17.8 Å². The largest absolute Gasteiger partial charge is 0.493 e. The number of rotatable bonds is 11. The molecule has 0 radical (unpaired) electrons. The topological polar surface area (TPSA) is 123 Å². The molecular weight excluding hydrogens is 376 g/mol. The Balaban J connectivity index is 2.11. The Hall–Kier alpha value is -2.81. The van der Waals surface area contributed by atoms with Crippen LogP contribution in [0.2, 0.25) is 0 Å². The fourth-order valence-corrected chi connectivity index (χ4v) is 3.07. The maximum Gasteiger partial charge on any atom is 0.323 e. The first kappa shape index (κ1) is 22.5. The van der Waals surface area contributed by atoms with Gasteiger partial charge >= 0.3 is 5.97 Å². The molecule has 2 aromatic carbocycles. The number of aliphatic hydroxyl groups is 1. The molecule has 3 atom stereocenters. The fraction of sp³-hybridized carbons (Fsp3) is 0.381. The van der Waals surface area contributed by atoms with Gasteiger partial charge in [-0.25, -0.2) is 0 Å². The predicted molar refractivity (Wildman–Crippen MR) is 108 cm³/mol. The third kappa shape index (κ3) is 5.83. The molecule has 0 saturated heterocycles. The summed E-state index contributed by atoms with van der Waals surface area (Å²) in [5, 5.41) is 23.0. The number of nitrogens with one attached hydrogen (secondary N) is 1. The zero-order chi connectivity index (χ0) is 21.4. The number of aliphatic hydroxyl groups excluding tert-OH is 1. The van der Waals surface area contributed by atoms with Gasteiger partial charge in [-0.15, -0.1) is 0 Å². The first-order valence-electron chi connectivity index (χ1n) is 9.13. The van der Waals surface area contributed by atoms with Crippen molar-refractivity contribution in [2.45, 2.75) is 31.2 Å². The van der Waals surface area contributed by atoms with Crippen LogP contribution in [0.25, 0.3) is 0 Å². The van der Waals surface area contributed by atoms with Gasteiger partial charge in [0, 0.05) is 12.6 Å². The first-order valence-corrected chi connectivity index (χ1v) is 9.13. The second-order valence-corrected chi connectivity index (χ2v) is 6.57. The van der Waals surface area contributed by atoms with Gasteiger partial charge in [-0.3, -0.25) is 10.1 Å². The van der Waals surface area contributed by atoms with Crippen molar-refractivity contribution in [1.82, 2.24) is 5.32 Å². The first-order chi connectivity index (χ1) is 13.9. The van der Waals surface area contributed by atoms with Crippen LogP contribution in [0.5, 0.6) is 17.2 Å². The lowest BCUT2D eigenvalue weighted by Crippen LogP contribution is -2.54. The maximum absolute atomic E-state index is 11.7. The van der Waals surface area contributed by atoms with Gasteiger partial charge in [0.15, 0.2) is 11.5 Å². The van der Waals surface area contributed by atoms with Crippen LogP contribution in [0, 0.1) is 0 Å². The van der Waals surface area contributed by atoms with E-state index in [9.17, 15) is 15.0 Å². The number of methoxy groups -OCH3 is 3. The van der Waals surface area contributed by atoms with Gasteiger partial charge in [-0.05, 0) is 29.7 Å². The third-order valence-electron chi connectivity index (χ3n) is 4.61. The SMILES string of the molecule is COc1cc(CN[C@@H](C(=O)O)[C@H](O)[C@@H](N)Cc2ccccc2)cc(OC)c1OC. The Morgan fingerprint density at radius 1 is 1.03 bits per heavy atom. The van der Waals surface area contributed by atoms with E-state index in [1.807, 2.05) is 30.3 Å². The van der Waals surface area contributed by atoms with Crippen molar-refractivity contribution < 1.29 is 29.2 Å². The second kappa shape index (κ2) is 10.7. The smallest absolute Gasteiger partial charge is 0.323 e. The molecule has 0 bridgehead atoms. The lowest BCUT2D eigenvalue weighted by molar-refractivity contribution is -0.143. The molecule has 0 heterocycles. The van der Waals surface area contributed by atoms with Crippen LogP contribution in [-0.4, -0.2) is 55.7 Å². The highest BCUT2D eigenvalue weighted by Gasteiger charge is 2.31. The standard InChI is InChI=1S/C21H28N2O6/c1-27-16-10-14(11-17(28-2)20(16)29-3)12-23-18(21(25)26)19(24)15(22)9-13-7-5-4-6-8-13/h4-8,10-11,15,18-19,23-24H,9,12,22H2,1-3H3,(H,25,26)/t15-,18+,19+/m0/s1. The molecule has 8 nitrogen and oxygen atoms in total. The number of ether oxygens (including phenoxy) is 3. The van der Waals surface area contributed by atoms with Gasteiger partial charge in [0.2, 0.25) is 5.75 Å². The molecule has 0 amide bonds. The van der Waals surface area contributed by atoms with Crippen molar-refractivity contribution in [3.63, 3.8) is 0 Å². The molecule has 0 aliphatic rings. The van der Waals surface area contributed by atoms with Crippen molar-refractivity contribution in [2.24, 2.45) is 5.73 Å². The fourth-order valence-electron chi connectivity index (χ4n) is 3.07. The predicted octanol–water partition coefficient (Wildman–Crippen LogP) is 1.19. The lowest BCUT2D eigenvalue weighted by Gasteiger charge is -2.26. The minimum atomic E-state index is -1.28. The van der Waals surface area contributed by atoms with Crippen molar-refractivity contribution in [3.05, 3.63) is 53.6 Å². The van der Waals surface area contributed by atoms with Gasteiger partial charge in [0.05, 0.1) is 27.4 Å². The molecule has 0 aliphatic heterocycles. The summed E-state index contributed by atoms with van der Waals surface area (Å²) in [5.41, 5.74) is 7.70. The molecule has 5 N–H and O–H groups in total. The van der Waals surface area contributed by atoms with Gasteiger partial charge in [0.1, 0.15) is 6.04 Å². The van der Waals surface area contributed by atoms with Crippen LogP contribution in [0.15, 0.2) is 42.5 Å². The number of hydrogen-bond acceptors (Lipinski definition) is 7. The number of nitrogens with two attached hydrogens (primary N) is 1. The number of hydrogen-bond donors (Lipinski definition) is 4. The zero-order valence-electron chi connectivity index (χ0n) is 16.8. The highest BCUT2D eigenvalue weighted by atomic mass is 16.5. The van der Waals surface area contributed by atoms with Crippen molar-refractivity contribution in [3.8, 4) is 17.2 Å². The number of benzene rings is 2. The van der Waals surface area contributed by atoms with Crippen LogP contribution in [0.4, 0.5) is 0 Å². The normalized spacial score (nSPS) is 14.0. The number of carbonyl (C=O) groups is 1. The van der Waals surface area contributed by atoms with E-state index in [1.54, 1.807) is 12.1 Å². The summed E-state index contributed by atoms with van der Waals surface area (Å²) < 4.78 is 15.9.